The average Bonchev–Trinajstić information content (AvgIpc) is 3.28. The lowest BCUT2D eigenvalue weighted by atomic mass is 9.77. The van der Waals surface area contributed by atoms with Crippen LogP contribution in [0.2, 0.25) is 0 Å². The Bertz CT molecular complexity index is 994. The minimum Gasteiger partial charge on any atom is -0.461 e. The number of hydrogen-bond acceptors (Lipinski definition) is 6. The van der Waals surface area contributed by atoms with Crippen molar-refractivity contribution in [1.29, 1.82) is 0 Å². The molecule has 1 aliphatic heterocycles. The normalized spacial score (nSPS) is 21.0. The molecule has 2 aliphatic rings. The van der Waals surface area contributed by atoms with Crippen LogP contribution in [0.3, 0.4) is 0 Å². The molecule has 9 nitrogen and oxygen atoms in total. The highest BCUT2D eigenvalue weighted by atomic mass is 16.5. The van der Waals surface area contributed by atoms with Crippen LogP contribution in [-0.4, -0.2) is 56.4 Å². The first-order valence-electron chi connectivity index (χ1n) is 9.55. The molecule has 4 rings (SSSR count). The summed E-state index contributed by atoms with van der Waals surface area (Å²) >= 11 is 0. The van der Waals surface area contributed by atoms with E-state index in [2.05, 4.69) is 19.9 Å². The third-order valence-electron chi connectivity index (χ3n) is 5.68. The number of likely N-dealkylation sites (tertiary alicyclic amines) is 1. The zero-order valence-corrected chi connectivity index (χ0v) is 16.0. The van der Waals surface area contributed by atoms with Gasteiger partial charge in [-0.15, -0.1) is 0 Å². The third kappa shape index (κ3) is 2.90. The van der Waals surface area contributed by atoms with Crippen molar-refractivity contribution in [1.82, 2.24) is 24.8 Å². The van der Waals surface area contributed by atoms with E-state index in [4.69, 9.17) is 4.74 Å². The van der Waals surface area contributed by atoms with Gasteiger partial charge in [-0.05, 0) is 39.5 Å². The van der Waals surface area contributed by atoms with E-state index in [1.54, 1.807) is 18.7 Å². The van der Waals surface area contributed by atoms with Gasteiger partial charge in [-0.25, -0.2) is 14.8 Å². The molecule has 3 heterocycles. The minimum absolute atomic E-state index is 0.0729. The SMILES string of the molecule is CCOC(=O)c1[nH]cnc1C(=O)N1CCCC2(CCc3c2nc(C)[nH]c3=O)C1. The maximum absolute atomic E-state index is 13.1. The molecular weight excluding hydrogens is 362 g/mol. The Hall–Kier alpha value is -2.97. The van der Waals surface area contributed by atoms with Gasteiger partial charge in [-0.2, -0.15) is 0 Å². The summed E-state index contributed by atoms with van der Waals surface area (Å²) in [7, 11) is 0. The molecule has 0 bridgehead atoms. The third-order valence-corrected chi connectivity index (χ3v) is 5.68. The number of piperidine rings is 1. The second-order valence-corrected chi connectivity index (χ2v) is 7.44. The second-order valence-electron chi connectivity index (χ2n) is 7.44. The van der Waals surface area contributed by atoms with E-state index < -0.39 is 5.97 Å². The van der Waals surface area contributed by atoms with E-state index in [0.29, 0.717) is 25.3 Å². The van der Waals surface area contributed by atoms with Crippen LogP contribution in [0.4, 0.5) is 0 Å². The molecule has 1 amide bonds. The van der Waals surface area contributed by atoms with Crippen molar-refractivity contribution in [2.45, 2.75) is 44.9 Å². The van der Waals surface area contributed by atoms with Crippen molar-refractivity contribution >= 4 is 11.9 Å². The number of aromatic amines is 2. The van der Waals surface area contributed by atoms with E-state index in [-0.39, 0.29) is 34.9 Å². The van der Waals surface area contributed by atoms with E-state index in [9.17, 15) is 14.4 Å². The summed E-state index contributed by atoms with van der Waals surface area (Å²) in [6, 6.07) is 0. The molecule has 2 aromatic heterocycles. The molecule has 0 radical (unpaired) electrons. The Balaban J connectivity index is 1.63. The smallest absolute Gasteiger partial charge is 0.357 e. The molecule has 1 unspecified atom stereocenters. The summed E-state index contributed by atoms with van der Waals surface area (Å²) in [5, 5.41) is 0. The van der Waals surface area contributed by atoms with Crippen molar-refractivity contribution in [3.63, 3.8) is 0 Å². The number of amides is 1. The largest absolute Gasteiger partial charge is 0.461 e. The maximum atomic E-state index is 13.1. The number of imidazole rings is 1. The lowest BCUT2D eigenvalue weighted by Gasteiger charge is -2.40. The predicted octanol–water partition coefficient (Wildman–Crippen LogP) is 1.10. The zero-order valence-electron chi connectivity index (χ0n) is 16.0. The Morgan fingerprint density at radius 3 is 2.96 bits per heavy atom. The number of esters is 1. The van der Waals surface area contributed by atoms with Crippen LogP contribution in [0.25, 0.3) is 0 Å². The van der Waals surface area contributed by atoms with Crippen LogP contribution in [-0.2, 0) is 16.6 Å². The first kappa shape index (κ1) is 18.4. The van der Waals surface area contributed by atoms with Gasteiger partial charge in [0.2, 0.25) is 0 Å². The zero-order chi connectivity index (χ0) is 19.9. The van der Waals surface area contributed by atoms with Crippen LogP contribution < -0.4 is 5.56 Å². The van der Waals surface area contributed by atoms with Gasteiger partial charge in [0.25, 0.3) is 11.5 Å². The predicted molar refractivity (Wildman–Crippen MR) is 99.3 cm³/mol. The lowest BCUT2D eigenvalue weighted by molar-refractivity contribution is 0.0504. The average molecular weight is 385 g/mol. The molecule has 1 atom stereocenters. The molecular formula is C19H23N5O4. The van der Waals surface area contributed by atoms with Crippen molar-refractivity contribution in [3.8, 4) is 0 Å². The number of aromatic nitrogens is 4. The van der Waals surface area contributed by atoms with E-state index >= 15 is 0 Å². The number of nitrogens with one attached hydrogen (secondary N) is 2. The van der Waals surface area contributed by atoms with Crippen molar-refractivity contribution in [2.24, 2.45) is 0 Å². The molecule has 2 N–H and O–H groups in total. The minimum atomic E-state index is -0.592. The van der Waals surface area contributed by atoms with Gasteiger partial charge < -0.3 is 19.6 Å². The van der Waals surface area contributed by atoms with Gasteiger partial charge in [0.05, 0.1) is 18.6 Å². The fourth-order valence-corrected chi connectivity index (χ4v) is 4.43. The molecule has 1 saturated heterocycles. The standard InChI is InChI=1S/C19H23N5O4/c1-3-28-18(27)14-13(20-10-21-14)17(26)24-8-4-6-19(9-24)7-5-12-15(19)22-11(2)23-16(12)25/h10H,3-9H2,1-2H3,(H,20,21)(H,22,23,25). The van der Waals surface area contributed by atoms with E-state index in [0.717, 1.165) is 30.5 Å². The molecule has 1 aliphatic carbocycles. The number of ether oxygens (including phenoxy) is 1. The topological polar surface area (TPSA) is 121 Å². The molecule has 2 aromatic rings. The Kier molecular flexibility index (Phi) is 4.52. The van der Waals surface area contributed by atoms with Gasteiger partial charge in [-0.1, -0.05) is 0 Å². The number of fused-ring (bicyclic) bond motifs is 2. The number of hydrogen-bond donors (Lipinski definition) is 2. The molecule has 148 valence electrons. The molecule has 9 heteroatoms. The van der Waals surface area contributed by atoms with E-state index in [1.165, 1.54) is 6.33 Å². The lowest BCUT2D eigenvalue weighted by Crippen LogP contribution is -2.48. The van der Waals surface area contributed by atoms with Gasteiger partial charge in [0.1, 0.15) is 5.82 Å². The summed E-state index contributed by atoms with van der Waals surface area (Å²) < 4.78 is 5.00. The molecule has 1 spiro atoms. The number of nitrogens with zero attached hydrogens (tertiary/aromatic N) is 3. The van der Waals surface area contributed by atoms with Crippen LogP contribution in [0.1, 0.15) is 64.2 Å². The number of H-pyrrole nitrogens is 2. The van der Waals surface area contributed by atoms with Gasteiger partial charge in [-0.3, -0.25) is 9.59 Å². The van der Waals surface area contributed by atoms with Gasteiger partial charge in [0, 0.05) is 24.1 Å². The first-order valence-corrected chi connectivity index (χ1v) is 9.55. The molecule has 28 heavy (non-hydrogen) atoms. The maximum Gasteiger partial charge on any atom is 0.357 e. The van der Waals surface area contributed by atoms with E-state index in [1.807, 2.05) is 0 Å². The van der Waals surface area contributed by atoms with Crippen LogP contribution in [0.5, 0.6) is 0 Å². The molecule has 1 fully saturated rings. The number of carbonyl (C=O) groups is 2. The van der Waals surface area contributed by atoms with Crippen molar-refractivity contribution in [2.75, 3.05) is 19.7 Å². The Morgan fingerprint density at radius 2 is 2.18 bits per heavy atom. The summed E-state index contributed by atoms with van der Waals surface area (Å²) in [5.74, 6) is -0.311. The number of carbonyl (C=O) groups excluding carboxylic acids is 2. The Labute approximate surface area is 161 Å². The first-order chi connectivity index (χ1) is 13.4. The van der Waals surface area contributed by atoms with Gasteiger partial charge in [0.15, 0.2) is 11.4 Å². The summed E-state index contributed by atoms with van der Waals surface area (Å²) in [5.41, 5.74) is 1.29. The highest BCUT2D eigenvalue weighted by Crippen LogP contribution is 2.43. The summed E-state index contributed by atoms with van der Waals surface area (Å²) in [6.07, 6.45) is 4.46. The van der Waals surface area contributed by atoms with Crippen LogP contribution in [0.15, 0.2) is 11.1 Å². The number of aryl methyl sites for hydroxylation is 1. The quantitative estimate of drug-likeness (QED) is 0.763. The highest BCUT2D eigenvalue weighted by Gasteiger charge is 2.46. The fourth-order valence-electron chi connectivity index (χ4n) is 4.43. The second kappa shape index (κ2) is 6.88. The molecule has 0 saturated carbocycles. The van der Waals surface area contributed by atoms with Gasteiger partial charge >= 0.3 is 5.97 Å². The van der Waals surface area contributed by atoms with Crippen molar-refractivity contribution < 1.29 is 14.3 Å². The summed E-state index contributed by atoms with van der Waals surface area (Å²) in [4.78, 5) is 53.4. The monoisotopic (exact) mass is 385 g/mol. The fraction of sp³-hybridized carbons (Fsp3) is 0.526. The molecule has 0 aromatic carbocycles. The Morgan fingerprint density at radius 1 is 1.36 bits per heavy atom. The highest BCUT2D eigenvalue weighted by molar-refractivity contribution is 6.02. The van der Waals surface area contributed by atoms with Crippen molar-refractivity contribution in [3.05, 3.63) is 45.2 Å². The van der Waals surface area contributed by atoms with Crippen LogP contribution in [0, 0.1) is 6.92 Å². The summed E-state index contributed by atoms with van der Waals surface area (Å²) in [6.45, 7) is 4.74. The van der Waals surface area contributed by atoms with Crippen LogP contribution >= 0.6 is 0 Å². The number of rotatable bonds is 3.